The van der Waals surface area contributed by atoms with Crippen molar-refractivity contribution < 1.29 is 17.1 Å². The van der Waals surface area contributed by atoms with Gasteiger partial charge in [0, 0.05) is 0 Å². The molecular formula is C20H24Cl2HfSi. The number of benzene rings is 2. The normalized spacial score (nSPS) is 20.8. The first-order chi connectivity index (χ1) is 10.5. The number of fused-ring (bicyclic) bond motifs is 2. The molecule has 2 aromatic carbocycles. The molecule has 0 bridgehead atoms. The van der Waals surface area contributed by atoms with Crippen LogP contribution in [0.25, 0.3) is 12.2 Å². The van der Waals surface area contributed by atoms with Crippen LogP contribution in [0.15, 0.2) is 60.7 Å². The van der Waals surface area contributed by atoms with Crippen molar-refractivity contribution in [3.63, 3.8) is 0 Å². The first-order valence-electron chi connectivity index (χ1n) is 8.07. The van der Waals surface area contributed by atoms with Gasteiger partial charge in [0.2, 0.25) is 0 Å². The standard InChI is InChI=1S/2C9H7.2CH3.2ClH.Hf.H2Si/c2*1-2-5-9-7-3-6-8(9)4-1;;;;;;/h2*1-7H;2*1H3;2*1H;;1H2. The second-order valence-electron chi connectivity index (χ2n) is 7.87. The van der Waals surface area contributed by atoms with E-state index in [1.807, 2.05) is 0 Å². The summed E-state index contributed by atoms with van der Waals surface area (Å²) in [7, 11) is 0. The summed E-state index contributed by atoms with van der Waals surface area (Å²) in [5.74, 6) is 0. The van der Waals surface area contributed by atoms with Crippen LogP contribution >= 0.6 is 24.8 Å². The summed E-state index contributed by atoms with van der Waals surface area (Å²) in [6.07, 6.45) is 9.70. The van der Waals surface area contributed by atoms with E-state index in [1.54, 1.807) is 11.1 Å². The van der Waals surface area contributed by atoms with Gasteiger partial charge in [-0.2, -0.15) is 0 Å². The molecular weight excluding hydrogens is 518 g/mol. The Balaban J connectivity index is 0.00000104. The zero-order valence-electron chi connectivity index (χ0n) is 14.1. The molecule has 2 aliphatic carbocycles. The number of halogens is 2. The van der Waals surface area contributed by atoms with Crippen LogP contribution in [-0.4, -0.2) is 6.94 Å². The predicted molar refractivity (Wildman–Crippen MR) is 111 cm³/mol. The Bertz CT molecular complexity index is 825. The maximum absolute atomic E-state index is 3.14. The van der Waals surface area contributed by atoms with Gasteiger partial charge < -0.3 is 0 Å². The zero-order chi connectivity index (χ0) is 15.4. The van der Waals surface area contributed by atoms with Crippen molar-refractivity contribution in [3.8, 4) is 0 Å². The third-order valence-electron chi connectivity index (χ3n) is 5.64. The van der Waals surface area contributed by atoms with Crippen LogP contribution in [0.3, 0.4) is 0 Å². The predicted octanol–water partition coefficient (Wildman–Crippen LogP) is 5.70. The molecule has 0 saturated carbocycles. The van der Waals surface area contributed by atoms with Gasteiger partial charge in [0.05, 0.1) is 0 Å². The molecule has 0 aliphatic heterocycles. The monoisotopic (exact) mass is 542 g/mol. The average Bonchev–Trinajstić information content (AvgIpc) is 3.12. The second-order valence-corrected chi connectivity index (χ2v) is 51.7. The van der Waals surface area contributed by atoms with Crippen molar-refractivity contribution in [1.82, 2.24) is 0 Å². The fraction of sp³-hybridized carbons (Fsp3) is 0.200. The summed E-state index contributed by atoms with van der Waals surface area (Å²) in [5, 5.41) is 0. The third-order valence-corrected chi connectivity index (χ3v) is 31.1. The van der Waals surface area contributed by atoms with E-state index in [-0.39, 0.29) is 24.8 Å². The van der Waals surface area contributed by atoms with E-state index in [1.165, 1.54) is 11.1 Å². The molecule has 0 aromatic heterocycles. The minimum atomic E-state index is -3.14. The Kier molecular flexibility index (Phi) is 5.57. The van der Waals surface area contributed by atoms with Gasteiger partial charge in [-0.3, -0.25) is 0 Å². The molecule has 0 saturated heterocycles. The van der Waals surface area contributed by atoms with Gasteiger partial charge in [0.15, 0.2) is 0 Å². The van der Waals surface area contributed by atoms with Gasteiger partial charge in [0.25, 0.3) is 0 Å². The van der Waals surface area contributed by atoms with Gasteiger partial charge in [-0.1, -0.05) is 0 Å². The van der Waals surface area contributed by atoms with Crippen molar-refractivity contribution in [2.75, 3.05) is 0 Å². The summed E-state index contributed by atoms with van der Waals surface area (Å²) in [6.45, 7) is 2.38. The van der Waals surface area contributed by atoms with Crippen LogP contribution in [-0.2, 0) is 17.1 Å². The Morgan fingerprint density at radius 2 is 1.08 bits per heavy atom. The van der Waals surface area contributed by atoms with E-state index in [0.29, 0.717) is 7.35 Å². The van der Waals surface area contributed by atoms with E-state index in [9.17, 15) is 0 Å². The second kappa shape index (κ2) is 6.72. The fourth-order valence-electron chi connectivity index (χ4n) is 4.35. The molecule has 0 nitrogen and oxygen atoms in total. The quantitative estimate of drug-likeness (QED) is 0.428. The van der Waals surface area contributed by atoms with Gasteiger partial charge in [0.1, 0.15) is 0 Å². The molecule has 126 valence electrons. The number of hydrogen-bond acceptors (Lipinski definition) is 0. The molecule has 0 radical (unpaired) electrons. The van der Waals surface area contributed by atoms with E-state index >= 15 is 0 Å². The SMILES string of the molecule is Cl.Cl.[CH3][Hf]([CH3])(=[SiH2])([CH]1C=Cc2ccccc21)[CH]1C=Cc2ccccc21. The summed E-state index contributed by atoms with van der Waals surface area (Å²) in [5.41, 5.74) is 5.99. The first-order valence-corrected chi connectivity index (χ1v) is 27.7. The van der Waals surface area contributed by atoms with Crippen LogP contribution in [0, 0.1) is 0 Å². The summed E-state index contributed by atoms with van der Waals surface area (Å²) >= 11 is -3.14. The van der Waals surface area contributed by atoms with Crippen molar-refractivity contribution >= 4 is 43.9 Å². The molecule has 4 heteroatoms. The minimum absolute atomic E-state index is 0. The van der Waals surface area contributed by atoms with E-state index in [4.69, 9.17) is 0 Å². The number of hydrogen-bond donors (Lipinski definition) is 0. The summed E-state index contributed by atoms with van der Waals surface area (Å²) in [6, 6.07) is 17.9. The van der Waals surface area contributed by atoms with E-state index in [0.717, 1.165) is 0 Å². The van der Waals surface area contributed by atoms with E-state index < -0.39 is 17.1 Å². The molecule has 24 heavy (non-hydrogen) atoms. The van der Waals surface area contributed by atoms with Gasteiger partial charge in [-0.25, -0.2) is 0 Å². The molecule has 2 unspecified atom stereocenters. The van der Waals surface area contributed by atoms with Crippen molar-refractivity contribution in [2.24, 2.45) is 0 Å². The molecule has 0 amide bonds. The summed E-state index contributed by atoms with van der Waals surface area (Å²) in [4.78, 5) is 0. The number of rotatable bonds is 2. The molecule has 2 aromatic rings. The van der Waals surface area contributed by atoms with Crippen LogP contribution in [0.4, 0.5) is 0 Å². The molecule has 2 aliphatic rings. The molecule has 0 spiro atoms. The van der Waals surface area contributed by atoms with Crippen molar-refractivity contribution in [2.45, 2.75) is 16.7 Å². The van der Waals surface area contributed by atoms with Crippen LogP contribution in [0.1, 0.15) is 29.6 Å². The number of allylic oxidation sites excluding steroid dienone is 2. The fourth-order valence-corrected chi connectivity index (χ4v) is 26.0. The average molecular weight is 542 g/mol. The summed E-state index contributed by atoms with van der Waals surface area (Å²) < 4.78 is 6.63. The van der Waals surface area contributed by atoms with Crippen LogP contribution in [0.5, 0.6) is 0 Å². The van der Waals surface area contributed by atoms with Crippen LogP contribution in [0.2, 0.25) is 9.36 Å². The van der Waals surface area contributed by atoms with Gasteiger partial charge in [-0.15, -0.1) is 24.8 Å². The van der Waals surface area contributed by atoms with E-state index in [2.05, 4.69) is 89.1 Å². The molecule has 2 atom stereocenters. The molecule has 4 rings (SSSR count). The Morgan fingerprint density at radius 3 is 1.50 bits per heavy atom. The Morgan fingerprint density at radius 1 is 0.708 bits per heavy atom. The topological polar surface area (TPSA) is 0 Å². The molecule has 0 fully saturated rings. The van der Waals surface area contributed by atoms with Crippen molar-refractivity contribution in [1.29, 1.82) is 0 Å². The van der Waals surface area contributed by atoms with Crippen molar-refractivity contribution in [3.05, 3.63) is 82.9 Å². The Hall–Kier alpha value is -0.413. The van der Waals surface area contributed by atoms with Gasteiger partial charge in [-0.05, 0) is 0 Å². The zero-order valence-corrected chi connectivity index (χ0v) is 20.7. The Labute approximate surface area is 159 Å². The molecule has 0 N–H and O–H groups in total. The third kappa shape index (κ3) is 2.96. The molecule has 0 heterocycles. The van der Waals surface area contributed by atoms with Crippen LogP contribution < -0.4 is 0 Å². The van der Waals surface area contributed by atoms with Gasteiger partial charge >= 0.3 is 136 Å². The first kappa shape index (κ1) is 19.9. The maximum atomic E-state index is 2.66.